The number of hydrogen-bond acceptors (Lipinski definition) is 2. The summed E-state index contributed by atoms with van der Waals surface area (Å²) >= 11 is 0. The molecule has 3 aromatic heterocycles. The van der Waals surface area contributed by atoms with E-state index >= 15 is 0 Å². The van der Waals surface area contributed by atoms with Crippen molar-refractivity contribution in [2.45, 2.75) is 6.42 Å². The van der Waals surface area contributed by atoms with Crippen molar-refractivity contribution in [1.82, 2.24) is 14.5 Å². The normalized spacial score (nSPS) is 11.9. The minimum Gasteiger partial charge on any atom is -0.309 e. The van der Waals surface area contributed by atoms with Gasteiger partial charge >= 0.3 is 0 Å². The molecule has 0 fully saturated rings. The number of benzene rings is 3. The number of pyridine rings is 2. The molecule has 1 aliphatic rings. The third kappa shape index (κ3) is 3.06. The van der Waals surface area contributed by atoms with Crippen LogP contribution in [0.5, 0.6) is 0 Å². The van der Waals surface area contributed by atoms with E-state index in [1.807, 2.05) is 42.9 Å². The molecule has 7 rings (SSSR count). The molecule has 0 spiro atoms. The Hall–Kier alpha value is -3.59. The van der Waals surface area contributed by atoms with Crippen LogP contribution in [-0.4, -0.2) is 14.5 Å². The summed E-state index contributed by atoms with van der Waals surface area (Å²) in [5.74, 6) is 0. The molecule has 33 heavy (non-hydrogen) atoms. The summed E-state index contributed by atoms with van der Waals surface area (Å²) in [4.78, 5) is 8.95. The van der Waals surface area contributed by atoms with Crippen LogP contribution in [0.25, 0.3) is 49.9 Å². The Bertz CT molecular complexity index is 1650. The smallest absolute Gasteiger partial charge is 0.0577 e. The predicted molar refractivity (Wildman–Crippen MR) is 129 cm³/mol. The minimum absolute atomic E-state index is 0. The van der Waals surface area contributed by atoms with E-state index < -0.39 is 0 Å². The Labute approximate surface area is 205 Å². The van der Waals surface area contributed by atoms with Crippen molar-refractivity contribution in [2.75, 3.05) is 0 Å². The molecule has 0 aliphatic carbocycles. The zero-order valence-electron chi connectivity index (χ0n) is 17.6. The molecular weight excluding hydrogens is 583 g/mol. The van der Waals surface area contributed by atoms with Gasteiger partial charge in [0.05, 0.1) is 11.0 Å². The molecule has 4 heteroatoms. The van der Waals surface area contributed by atoms with Crippen LogP contribution in [0, 0.1) is 6.07 Å². The summed E-state index contributed by atoms with van der Waals surface area (Å²) in [7, 11) is 0. The van der Waals surface area contributed by atoms with Gasteiger partial charge in [0.2, 0.25) is 0 Å². The molecule has 3 nitrogen and oxygen atoms in total. The summed E-state index contributed by atoms with van der Waals surface area (Å²) in [5.41, 5.74) is 10.8. The van der Waals surface area contributed by atoms with Gasteiger partial charge in [-0.15, -0.1) is 35.4 Å². The maximum absolute atomic E-state index is 4.50. The molecule has 0 saturated carbocycles. The first-order valence-corrected chi connectivity index (χ1v) is 10.8. The Morgan fingerprint density at radius 1 is 0.788 bits per heavy atom. The molecule has 0 amide bonds. The van der Waals surface area contributed by atoms with Gasteiger partial charge in [-0.05, 0) is 46.6 Å². The molecule has 0 unspecified atom stereocenters. The van der Waals surface area contributed by atoms with E-state index in [2.05, 4.69) is 75.2 Å². The van der Waals surface area contributed by atoms with Crippen LogP contribution in [0.15, 0.2) is 97.5 Å². The second-order valence-corrected chi connectivity index (χ2v) is 8.27. The fraction of sp³-hybridized carbons (Fsp3) is 0.0345. The average Bonchev–Trinajstić information content (AvgIpc) is 3.20. The summed E-state index contributed by atoms with van der Waals surface area (Å²) in [6.07, 6.45) is 6.63. The molecule has 3 aromatic carbocycles. The van der Waals surface area contributed by atoms with E-state index in [0.29, 0.717) is 0 Å². The fourth-order valence-electron chi connectivity index (χ4n) is 5.03. The molecule has 0 atom stereocenters. The van der Waals surface area contributed by atoms with Gasteiger partial charge in [-0.25, -0.2) is 0 Å². The average molecular weight is 601 g/mol. The second-order valence-electron chi connectivity index (χ2n) is 8.27. The van der Waals surface area contributed by atoms with Crippen LogP contribution in [0.4, 0.5) is 0 Å². The molecule has 1 radical (unpaired) electrons. The fourth-order valence-corrected chi connectivity index (χ4v) is 5.03. The van der Waals surface area contributed by atoms with E-state index in [0.717, 1.165) is 17.7 Å². The standard InChI is InChI=1S/C29H18N3.Ir/c1-2-10-27-21(6-1)15-23-16-22(17-24-25-18-30-13-11-28(25)32(27)29(23)24)19-7-5-8-20(14-19)26-9-3-4-12-31-26;/h1-7,9-14,16-18H,15H2;/q-1;. The Kier molecular flexibility index (Phi) is 4.72. The molecule has 4 heterocycles. The van der Waals surface area contributed by atoms with E-state index in [4.69, 9.17) is 0 Å². The summed E-state index contributed by atoms with van der Waals surface area (Å²) in [6.45, 7) is 0. The van der Waals surface area contributed by atoms with Crippen molar-refractivity contribution in [3.05, 3.63) is 115 Å². The number of rotatable bonds is 2. The quantitative estimate of drug-likeness (QED) is 0.209. The number of fused-ring (bicyclic) bond motifs is 5. The van der Waals surface area contributed by atoms with Crippen LogP contribution < -0.4 is 0 Å². The van der Waals surface area contributed by atoms with Gasteiger partial charge in [-0.1, -0.05) is 36.4 Å². The van der Waals surface area contributed by atoms with Gasteiger partial charge in [0.1, 0.15) is 0 Å². The van der Waals surface area contributed by atoms with Crippen molar-refractivity contribution in [3.63, 3.8) is 0 Å². The van der Waals surface area contributed by atoms with Gasteiger partial charge in [-0.3, -0.25) is 4.98 Å². The van der Waals surface area contributed by atoms with E-state index in [9.17, 15) is 0 Å². The van der Waals surface area contributed by atoms with Crippen LogP contribution >= 0.6 is 0 Å². The summed E-state index contributed by atoms with van der Waals surface area (Å²) in [6, 6.07) is 31.1. The second kappa shape index (κ2) is 7.77. The topological polar surface area (TPSA) is 30.7 Å². The van der Waals surface area contributed by atoms with Crippen molar-refractivity contribution < 1.29 is 20.1 Å². The zero-order chi connectivity index (χ0) is 21.1. The van der Waals surface area contributed by atoms with E-state index in [-0.39, 0.29) is 20.1 Å². The van der Waals surface area contributed by atoms with Gasteiger partial charge in [-0.2, -0.15) is 0 Å². The van der Waals surface area contributed by atoms with Crippen molar-refractivity contribution in [2.24, 2.45) is 0 Å². The number of nitrogens with zero attached hydrogens (tertiary/aromatic N) is 3. The monoisotopic (exact) mass is 601 g/mol. The van der Waals surface area contributed by atoms with Crippen LogP contribution in [0.1, 0.15) is 11.1 Å². The van der Waals surface area contributed by atoms with Gasteiger partial charge < -0.3 is 9.55 Å². The third-order valence-corrected chi connectivity index (χ3v) is 6.43. The van der Waals surface area contributed by atoms with Crippen LogP contribution in [0.2, 0.25) is 0 Å². The Balaban J connectivity index is 0.00000206. The maximum Gasteiger partial charge on any atom is 0.0577 e. The van der Waals surface area contributed by atoms with Crippen molar-refractivity contribution in [1.29, 1.82) is 0 Å². The largest absolute Gasteiger partial charge is 0.309 e. The molecule has 159 valence electrons. The van der Waals surface area contributed by atoms with Crippen molar-refractivity contribution in [3.8, 4) is 28.1 Å². The van der Waals surface area contributed by atoms with Gasteiger partial charge in [0.25, 0.3) is 0 Å². The summed E-state index contributed by atoms with van der Waals surface area (Å²) < 4.78 is 2.41. The molecule has 1 aliphatic heterocycles. The molecule has 0 N–H and O–H groups in total. The maximum atomic E-state index is 4.50. The SMILES string of the molecule is [Ir].[c-]1ccc(-c2cc3c4c(c2)c2cnccc2n4-c2ccccc2C3)cc1-c1ccccn1. The number of hydrogen-bond donors (Lipinski definition) is 0. The van der Waals surface area contributed by atoms with Crippen LogP contribution in [0.3, 0.4) is 0 Å². The summed E-state index contributed by atoms with van der Waals surface area (Å²) in [5, 5.41) is 2.44. The van der Waals surface area contributed by atoms with Crippen LogP contribution in [-0.2, 0) is 26.5 Å². The number of para-hydroxylation sites is 1. The van der Waals surface area contributed by atoms with Gasteiger partial charge in [0.15, 0.2) is 0 Å². The Morgan fingerprint density at radius 2 is 1.70 bits per heavy atom. The molecule has 6 aromatic rings. The van der Waals surface area contributed by atoms with E-state index in [1.165, 1.54) is 49.7 Å². The van der Waals surface area contributed by atoms with Crippen molar-refractivity contribution >= 4 is 21.8 Å². The third-order valence-electron chi connectivity index (χ3n) is 6.43. The molecular formula is C29H18IrN3-. The zero-order valence-corrected chi connectivity index (χ0v) is 20.0. The first kappa shape index (κ1) is 20.0. The first-order chi connectivity index (χ1) is 15.9. The first-order valence-electron chi connectivity index (χ1n) is 10.8. The van der Waals surface area contributed by atoms with Gasteiger partial charge in [0, 0.05) is 61.6 Å². The van der Waals surface area contributed by atoms with E-state index in [1.54, 1.807) is 0 Å². The number of aromatic nitrogens is 3. The Morgan fingerprint density at radius 3 is 2.61 bits per heavy atom. The molecule has 0 saturated heterocycles. The molecule has 0 bridgehead atoms. The predicted octanol–water partition coefficient (Wildman–Crippen LogP) is 6.61. The minimum atomic E-state index is 0.